The van der Waals surface area contributed by atoms with E-state index in [0.717, 1.165) is 15.8 Å². The molecule has 0 bridgehead atoms. The standard InChI is InChI=1S/C16H15BrO3/c1-19-12-7-8-14(17)11(9-12)10-15(18)13-5-3-4-6-16(13)20-2/h3-9H,10H2,1-2H3. The summed E-state index contributed by atoms with van der Waals surface area (Å²) in [5, 5.41) is 0. The number of ketones is 1. The molecule has 0 unspecified atom stereocenters. The molecule has 0 aliphatic rings. The van der Waals surface area contributed by atoms with Crippen molar-refractivity contribution in [3.05, 3.63) is 58.1 Å². The van der Waals surface area contributed by atoms with Crippen molar-refractivity contribution in [3.8, 4) is 11.5 Å². The smallest absolute Gasteiger partial charge is 0.170 e. The van der Waals surface area contributed by atoms with E-state index in [1.54, 1.807) is 26.4 Å². The summed E-state index contributed by atoms with van der Waals surface area (Å²) in [7, 11) is 3.17. The molecular weight excluding hydrogens is 320 g/mol. The molecule has 0 amide bonds. The van der Waals surface area contributed by atoms with Gasteiger partial charge in [0, 0.05) is 10.9 Å². The van der Waals surface area contributed by atoms with Crippen LogP contribution in [0.2, 0.25) is 0 Å². The zero-order valence-electron chi connectivity index (χ0n) is 11.4. The summed E-state index contributed by atoms with van der Waals surface area (Å²) in [5.41, 5.74) is 1.48. The van der Waals surface area contributed by atoms with Gasteiger partial charge in [0.25, 0.3) is 0 Å². The van der Waals surface area contributed by atoms with Crippen molar-refractivity contribution < 1.29 is 14.3 Å². The molecule has 0 heterocycles. The molecule has 0 aliphatic carbocycles. The van der Waals surface area contributed by atoms with Gasteiger partial charge in [-0.05, 0) is 35.9 Å². The van der Waals surface area contributed by atoms with Crippen molar-refractivity contribution in [2.24, 2.45) is 0 Å². The molecule has 0 atom stereocenters. The van der Waals surface area contributed by atoms with E-state index in [-0.39, 0.29) is 12.2 Å². The fraction of sp³-hybridized carbons (Fsp3) is 0.188. The van der Waals surface area contributed by atoms with Crippen LogP contribution in [0.5, 0.6) is 11.5 Å². The van der Waals surface area contributed by atoms with Crippen LogP contribution in [0.15, 0.2) is 46.9 Å². The number of benzene rings is 2. The average Bonchev–Trinajstić information content (AvgIpc) is 2.49. The van der Waals surface area contributed by atoms with E-state index in [1.165, 1.54) is 0 Å². The molecule has 2 aromatic rings. The van der Waals surface area contributed by atoms with E-state index in [9.17, 15) is 4.79 Å². The summed E-state index contributed by atoms with van der Waals surface area (Å²) in [6.45, 7) is 0. The van der Waals surface area contributed by atoms with Crippen LogP contribution in [-0.4, -0.2) is 20.0 Å². The van der Waals surface area contributed by atoms with Crippen molar-refractivity contribution in [3.63, 3.8) is 0 Å². The Hall–Kier alpha value is -1.81. The monoisotopic (exact) mass is 334 g/mol. The maximum absolute atomic E-state index is 12.4. The molecule has 0 radical (unpaired) electrons. The number of carbonyl (C=O) groups excluding carboxylic acids is 1. The highest BCUT2D eigenvalue weighted by molar-refractivity contribution is 9.10. The summed E-state index contributed by atoms with van der Waals surface area (Å²) in [6, 6.07) is 12.8. The minimum absolute atomic E-state index is 0.0106. The van der Waals surface area contributed by atoms with Gasteiger partial charge in [0.1, 0.15) is 11.5 Å². The lowest BCUT2D eigenvalue weighted by atomic mass is 10.0. The number of methoxy groups -OCH3 is 2. The average molecular weight is 335 g/mol. The normalized spacial score (nSPS) is 10.2. The Morgan fingerprint density at radius 2 is 1.85 bits per heavy atom. The van der Waals surface area contributed by atoms with Crippen molar-refractivity contribution in [2.75, 3.05) is 14.2 Å². The highest BCUT2D eigenvalue weighted by Crippen LogP contribution is 2.25. The first-order valence-electron chi connectivity index (χ1n) is 6.14. The van der Waals surface area contributed by atoms with Crippen LogP contribution >= 0.6 is 15.9 Å². The van der Waals surface area contributed by atoms with Crippen molar-refractivity contribution in [1.82, 2.24) is 0 Å². The first-order chi connectivity index (χ1) is 9.65. The third kappa shape index (κ3) is 3.20. The molecule has 0 fully saturated rings. The first-order valence-corrected chi connectivity index (χ1v) is 6.93. The number of para-hydroxylation sites is 1. The maximum atomic E-state index is 12.4. The van der Waals surface area contributed by atoms with Gasteiger partial charge in [-0.3, -0.25) is 4.79 Å². The molecule has 2 aromatic carbocycles. The lowest BCUT2D eigenvalue weighted by Gasteiger charge is -2.09. The third-order valence-electron chi connectivity index (χ3n) is 3.01. The number of hydrogen-bond donors (Lipinski definition) is 0. The van der Waals surface area contributed by atoms with Crippen LogP contribution in [0.3, 0.4) is 0 Å². The molecule has 0 spiro atoms. The molecule has 0 N–H and O–H groups in total. The maximum Gasteiger partial charge on any atom is 0.170 e. The van der Waals surface area contributed by atoms with Crippen LogP contribution in [0.1, 0.15) is 15.9 Å². The molecule has 3 nitrogen and oxygen atoms in total. The molecule has 0 saturated carbocycles. The van der Waals surface area contributed by atoms with E-state index in [0.29, 0.717) is 11.3 Å². The van der Waals surface area contributed by atoms with Crippen LogP contribution in [-0.2, 0) is 6.42 Å². The second kappa shape index (κ2) is 6.57. The van der Waals surface area contributed by atoms with E-state index in [4.69, 9.17) is 9.47 Å². The van der Waals surface area contributed by atoms with Gasteiger partial charge < -0.3 is 9.47 Å². The van der Waals surface area contributed by atoms with E-state index in [2.05, 4.69) is 15.9 Å². The zero-order valence-corrected chi connectivity index (χ0v) is 12.9. The molecule has 0 saturated heterocycles. The molecule has 2 rings (SSSR count). The Morgan fingerprint density at radius 3 is 2.55 bits per heavy atom. The Kier molecular flexibility index (Phi) is 4.79. The molecule has 20 heavy (non-hydrogen) atoms. The second-order valence-corrected chi connectivity index (χ2v) is 5.11. The number of carbonyl (C=O) groups is 1. The van der Waals surface area contributed by atoms with Crippen molar-refractivity contribution in [1.29, 1.82) is 0 Å². The highest BCUT2D eigenvalue weighted by Gasteiger charge is 2.14. The SMILES string of the molecule is COc1ccc(Br)c(CC(=O)c2ccccc2OC)c1. The molecule has 4 heteroatoms. The first kappa shape index (κ1) is 14.6. The van der Waals surface area contributed by atoms with Crippen LogP contribution < -0.4 is 9.47 Å². The topological polar surface area (TPSA) is 35.5 Å². The van der Waals surface area contributed by atoms with Gasteiger partial charge in [0.15, 0.2) is 5.78 Å². The second-order valence-electron chi connectivity index (χ2n) is 4.26. The number of Topliss-reactive ketones (excluding diaryl/α,β-unsaturated/α-hetero) is 1. The van der Waals surface area contributed by atoms with Gasteiger partial charge in [-0.2, -0.15) is 0 Å². The molecule has 104 valence electrons. The Bertz CT molecular complexity index is 623. The molecule has 0 aliphatic heterocycles. The number of halogens is 1. The van der Waals surface area contributed by atoms with E-state index >= 15 is 0 Å². The summed E-state index contributed by atoms with van der Waals surface area (Å²) >= 11 is 3.46. The van der Waals surface area contributed by atoms with Crippen LogP contribution in [0.25, 0.3) is 0 Å². The molecular formula is C16H15BrO3. The Morgan fingerprint density at radius 1 is 1.10 bits per heavy atom. The van der Waals surface area contributed by atoms with Crippen LogP contribution in [0, 0.1) is 0 Å². The molecule has 0 aromatic heterocycles. The summed E-state index contributed by atoms with van der Waals surface area (Å²) in [5.74, 6) is 1.34. The predicted molar refractivity (Wildman–Crippen MR) is 81.7 cm³/mol. The Balaban J connectivity index is 2.27. The Labute approximate surface area is 126 Å². The van der Waals surface area contributed by atoms with Crippen molar-refractivity contribution in [2.45, 2.75) is 6.42 Å². The minimum Gasteiger partial charge on any atom is -0.497 e. The largest absolute Gasteiger partial charge is 0.497 e. The van der Waals surface area contributed by atoms with Gasteiger partial charge in [-0.1, -0.05) is 28.1 Å². The van der Waals surface area contributed by atoms with Crippen LogP contribution in [0.4, 0.5) is 0 Å². The summed E-state index contributed by atoms with van der Waals surface area (Å²) in [6.07, 6.45) is 0.290. The van der Waals surface area contributed by atoms with Gasteiger partial charge in [-0.25, -0.2) is 0 Å². The quantitative estimate of drug-likeness (QED) is 0.778. The summed E-state index contributed by atoms with van der Waals surface area (Å²) < 4.78 is 11.3. The third-order valence-corrected chi connectivity index (χ3v) is 3.78. The van der Waals surface area contributed by atoms with Gasteiger partial charge in [0.05, 0.1) is 19.8 Å². The van der Waals surface area contributed by atoms with Gasteiger partial charge >= 0.3 is 0 Å². The fourth-order valence-corrected chi connectivity index (χ4v) is 2.34. The number of hydrogen-bond acceptors (Lipinski definition) is 3. The fourth-order valence-electron chi connectivity index (χ4n) is 1.96. The number of ether oxygens (including phenoxy) is 2. The zero-order chi connectivity index (χ0) is 14.5. The highest BCUT2D eigenvalue weighted by atomic mass is 79.9. The van der Waals surface area contributed by atoms with Gasteiger partial charge in [0.2, 0.25) is 0 Å². The lowest BCUT2D eigenvalue weighted by molar-refractivity contribution is 0.0990. The number of rotatable bonds is 5. The summed E-state index contributed by atoms with van der Waals surface area (Å²) in [4.78, 5) is 12.4. The van der Waals surface area contributed by atoms with E-state index in [1.807, 2.05) is 30.3 Å². The van der Waals surface area contributed by atoms with Crippen molar-refractivity contribution >= 4 is 21.7 Å². The minimum atomic E-state index is 0.0106. The van der Waals surface area contributed by atoms with Gasteiger partial charge in [-0.15, -0.1) is 0 Å². The predicted octanol–water partition coefficient (Wildman–Crippen LogP) is 3.89. The van der Waals surface area contributed by atoms with E-state index < -0.39 is 0 Å². The lowest BCUT2D eigenvalue weighted by Crippen LogP contribution is -2.06.